The number of amides is 1. The van der Waals surface area contributed by atoms with Crippen molar-refractivity contribution >= 4 is 11.7 Å². The maximum atomic E-state index is 13.9. The van der Waals surface area contributed by atoms with Gasteiger partial charge in [0.05, 0.1) is 11.9 Å². The van der Waals surface area contributed by atoms with Crippen LogP contribution in [0.2, 0.25) is 0 Å². The third kappa shape index (κ3) is 6.54. The second-order valence-corrected chi connectivity index (χ2v) is 10.9. The van der Waals surface area contributed by atoms with Gasteiger partial charge < -0.3 is 10.6 Å². The summed E-state index contributed by atoms with van der Waals surface area (Å²) in [5, 5.41) is 18.1. The standard InChI is InChI=1S/C30H33F4N5O/c1-3-39-16-24(28(38-39)30(32,33)34)22-11-19(15-36-26(35)13-18-4-5-18)12-23(14-22)29(40)37-27(20-6-7-20)21-8-9-25(31)17(2)10-21/h8-12,14,16,18,20,27H,3-7,13,15H2,1-2H3,(H2,35,36)(H,37,40). The van der Waals surface area contributed by atoms with Gasteiger partial charge in [0.2, 0.25) is 0 Å². The maximum Gasteiger partial charge on any atom is 0.435 e. The average molecular weight is 556 g/mol. The number of alkyl halides is 3. The summed E-state index contributed by atoms with van der Waals surface area (Å²) in [5.41, 5.74) is 1.19. The molecule has 3 aromatic rings. The summed E-state index contributed by atoms with van der Waals surface area (Å²) in [4.78, 5) is 13.6. The van der Waals surface area contributed by atoms with E-state index in [9.17, 15) is 22.4 Å². The van der Waals surface area contributed by atoms with Crippen molar-refractivity contribution in [3.05, 3.63) is 76.4 Å². The minimum Gasteiger partial charge on any atom is -0.370 e. The first-order valence-electron chi connectivity index (χ1n) is 13.7. The van der Waals surface area contributed by atoms with Crippen molar-refractivity contribution in [2.45, 2.75) is 71.3 Å². The van der Waals surface area contributed by atoms with Crippen molar-refractivity contribution in [3.8, 4) is 11.1 Å². The van der Waals surface area contributed by atoms with Gasteiger partial charge in [0.1, 0.15) is 5.82 Å². The molecule has 0 spiro atoms. The number of aromatic nitrogens is 2. The zero-order valence-electron chi connectivity index (χ0n) is 22.5. The van der Waals surface area contributed by atoms with Gasteiger partial charge in [0.15, 0.2) is 5.69 Å². The van der Waals surface area contributed by atoms with Gasteiger partial charge in [-0.2, -0.15) is 18.3 Å². The number of halogens is 4. The Balaban J connectivity index is 1.48. The summed E-state index contributed by atoms with van der Waals surface area (Å²) in [5.74, 6) is 0.340. The predicted octanol–water partition coefficient (Wildman–Crippen LogP) is 6.78. The highest BCUT2D eigenvalue weighted by Gasteiger charge is 2.38. The Bertz CT molecular complexity index is 1420. The Morgan fingerprint density at radius 2 is 1.90 bits per heavy atom. The molecule has 10 heteroatoms. The summed E-state index contributed by atoms with van der Waals surface area (Å²) >= 11 is 0. The highest BCUT2D eigenvalue weighted by atomic mass is 19.4. The van der Waals surface area contributed by atoms with Crippen LogP contribution in [0.3, 0.4) is 0 Å². The van der Waals surface area contributed by atoms with Gasteiger partial charge in [-0.3, -0.25) is 14.9 Å². The van der Waals surface area contributed by atoms with E-state index in [2.05, 4.69) is 15.7 Å². The van der Waals surface area contributed by atoms with Gasteiger partial charge in [0.25, 0.3) is 5.91 Å². The fourth-order valence-corrected chi connectivity index (χ4v) is 4.97. The normalized spacial score (nSPS) is 16.1. The van der Waals surface area contributed by atoms with Crippen LogP contribution in [0.1, 0.15) is 77.8 Å². The Morgan fingerprint density at radius 3 is 2.52 bits per heavy atom. The molecular formula is C30H33F4N5O. The molecule has 0 saturated heterocycles. The lowest BCUT2D eigenvalue weighted by atomic mass is 9.97. The van der Waals surface area contributed by atoms with Crippen LogP contribution in [0.4, 0.5) is 17.6 Å². The van der Waals surface area contributed by atoms with E-state index >= 15 is 0 Å². The predicted molar refractivity (Wildman–Crippen MR) is 144 cm³/mol. The Morgan fingerprint density at radius 1 is 1.15 bits per heavy atom. The van der Waals surface area contributed by atoms with Gasteiger partial charge in [-0.15, -0.1) is 0 Å². The number of rotatable bonds is 10. The minimum atomic E-state index is -4.67. The Hall–Kier alpha value is -3.69. The van der Waals surface area contributed by atoms with E-state index in [4.69, 9.17) is 5.41 Å². The van der Waals surface area contributed by atoms with Crippen molar-refractivity contribution in [1.82, 2.24) is 20.4 Å². The number of amidine groups is 1. The van der Waals surface area contributed by atoms with Crippen molar-refractivity contribution in [1.29, 1.82) is 5.41 Å². The van der Waals surface area contributed by atoms with E-state index in [1.807, 2.05) is 0 Å². The van der Waals surface area contributed by atoms with Gasteiger partial charge in [-0.25, -0.2) is 4.39 Å². The number of nitrogens with zero attached hydrogens (tertiary/aromatic N) is 2. The SMILES string of the molecule is CCn1cc(-c2cc(CNC(=N)CC3CC3)cc(C(=O)NC(c3ccc(F)c(C)c3)C3CC3)c2)c(C(F)(F)F)n1. The molecule has 0 aliphatic heterocycles. The van der Waals surface area contributed by atoms with E-state index < -0.39 is 17.8 Å². The van der Waals surface area contributed by atoms with Gasteiger partial charge in [-0.05, 0) is 97.9 Å². The third-order valence-corrected chi connectivity index (χ3v) is 7.54. The lowest BCUT2D eigenvalue weighted by Gasteiger charge is -2.20. The molecule has 1 atom stereocenters. The van der Waals surface area contributed by atoms with Gasteiger partial charge >= 0.3 is 6.18 Å². The van der Waals surface area contributed by atoms with Gasteiger partial charge in [-0.1, -0.05) is 12.1 Å². The molecule has 3 N–H and O–H groups in total. The average Bonchev–Trinajstić information content (AvgIpc) is 3.85. The fourth-order valence-electron chi connectivity index (χ4n) is 4.97. The Kier molecular flexibility index (Phi) is 7.70. The molecule has 212 valence electrons. The molecule has 0 radical (unpaired) electrons. The molecule has 0 bridgehead atoms. The number of hydrogen-bond donors (Lipinski definition) is 3. The van der Waals surface area contributed by atoms with Crippen LogP contribution < -0.4 is 10.6 Å². The molecule has 1 aromatic heterocycles. The highest BCUT2D eigenvalue weighted by molar-refractivity contribution is 5.96. The molecule has 1 amide bonds. The summed E-state index contributed by atoms with van der Waals surface area (Å²) in [6.07, 6.45) is 1.35. The first kappa shape index (κ1) is 27.9. The molecule has 2 fully saturated rings. The summed E-state index contributed by atoms with van der Waals surface area (Å²) < 4.78 is 56.9. The largest absolute Gasteiger partial charge is 0.435 e. The second-order valence-electron chi connectivity index (χ2n) is 10.9. The monoisotopic (exact) mass is 555 g/mol. The van der Waals surface area contributed by atoms with E-state index in [1.54, 1.807) is 38.1 Å². The van der Waals surface area contributed by atoms with Crippen LogP contribution in [-0.4, -0.2) is 21.5 Å². The first-order chi connectivity index (χ1) is 19.0. The molecule has 2 aliphatic carbocycles. The van der Waals surface area contributed by atoms with Crippen molar-refractivity contribution in [2.24, 2.45) is 11.8 Å². The lowest BCUT2D eigenvalue weighted by molar-refractivity contribution is -0.141. The zero-order chi connectivity index (χ0) is 28.6. The number of aryl methyl sites for hydroxylation is 2. The molecule has 2 saturated carbocycles. The van der Waals surface area contributed by atoms with Crippen LogP contribution >= 0.6 is 0 Å². The number of benzene rings is 2. The quantitative estimate of drug-likeness (QED) is 0.146. The number of carbonyl (C=O) groups excluding carboxylic acids is 1. The molecule has 40 heavy (non-hydrogen) atoms. The molecule has 6 nitrogen and oxygen atoms in total. The highest BCUT2D eigenvalue weighted by Crippen LogP contribution is 2.42. The molecule has 5 rings (SSSR count). The maximum absolute atomic E-state index is 13.9. The summed E-state index contributed by atoms with van der Waals surface area (Å²) in [7, 11) is 0. The molecule has 2 aromatic carbocycles. The second kappa shape index (κ2) is 11.1. The molecule has 1 heterocycles. The van der Waals surface area contributed by atoms with Crippen LogP contribution in [0.25, 0.3) is 11.1 Å². The zero-order valence-corrected chi connectivity index (χ0v) is 22.5. The lowest BCUT2D eigenvalue weighted by Crippen LogP contribution is -2.30. The van der Waals surface area contributed by atoms with Crippen LogP contribution in [0, 0.1) is 30.0 Å². The van der Waals surface area contributed by atoms with Crippen LogP contribution in [-0.2, 0) is 19.3 Å². The fraction of sp³-hybridized carbons (Fsp3) is 0.433. The topological polar surface area (TPSA) is 82.8 Å². The van der Waals surface area contributed by atoms with Crippen LogP contribution in [0.5, 0.6) is 0 Å². The van der Waals surface area contributed by atoms with E-state index in [0.29, 0.717) is 29.3 Å². The van der Waals surface area contributed by atoms with Crippen molar-refractivity contribution in [3.63, 3.8) is 0 Å². The van der Waals surface area contributed by atoms with Crippen LogP contribution in [0.15, 0.2) is 42.6 Å². The number of hydrogen-bond acceptors (Lipinski definition) is 3. The number of carbonyl (C=O) groups is 1. The molecule has 1 unspecified atom stereocenters. The van der Waals surface area contributed by atoms with E-state index in [1.165, 1.54) is 23.0 Å². The summed E-state index contributed by atoms with van der Waals surface area (Å²) in [6, 6.07) is 9.16. The van der Waals surface area contributed by atoms with Gasteiger partial charge in [0, 0.05) is 36.8 Å². The summed E-state index contributed by atoms with van der Waals surface area (Å²) in [6.45, 7) is 3.84. The third-order valence-electron chi connectivity index (χ3n) is 7.54. The first-order valence-corrected chi connectivity index (χ1v) is 13.7. The van der Waals surface area contributed by atoms with Crippen molar-refractivity contribution < 1.29 is 22.4 Å². The Labute approximate surface area is 230 Å². The smallest absolute Gasteiger partial charge is 0.370 e. The number of nitrogens with one attached hydrogen (secondary N) is 3. The minimum absolute atomic E-state index is 0.105. The molecular weight excluding hydrogens is 522 g/mol. The van der Waals surface area contributed by atoms with Crippen molar-refractivity contribution in [2.75, 3.05) is 0 Å². The van der Waals surface area contributed by atoms with E-state index in [-0.39, 0.29) is 47.6 Å². The molecule has 2 aliphatic rings. The van der Waals surface area contributed by atoms with E-state index in [0.717, 1.165) is 31.2 Å².